The molecule has 0 aromatic carbocycles. The molecule has 0 saturated carbocycles. The standard InChI is InChI=1S/C15H23F3N4O2/c1-14(2,3)24-13(23)12-6-4-5-7-21(12)8-11-9-22(20-19-11)10-15(16,17)18/h9,12H,4-8,10H2,1-3H3. The Hall–Kier alpha value is -1.64. The molecule has 1 fully saturated rings. The molecule has 0 aliphatic carbocycles. The first kappa shape index (κ1) is 18.7. The zero-order valence-electron chi connectivity index (χ0n) is 14.1. The van der Waals surface area contributed by atoms with Gasteiger partial charge in [0.15, 0.2) is 0 Å². The van der Waals surface area contributed by atoms with Crippen LogP contribution in [-0.2, 0) is 22.6 Å². The summed E-state index contributed by atoms with van der Waals surface area (Å²) in [5, 5.41) is 7.28. The number of carbonyl (C=O) groups is 1. The predicted molar refractivity (Wildman–Crippen MR) is 80.0 cm³/mol. The first-order valence-corrected chi connectivity index (χ1v) is 7.96. The summed E-state index contributed by atoms with van der Waals surface area (Å²) in [6, 6.07) is -0.397. The summed E-state index contributed by atoms with van der Waals surface area (Å²) in [4.78, 5) is 14.3. The minimum atomic E-state index is -4.34. The first-order chi connectivity index (χ1) is 11.0. The molecule has 1 aliphatic rings. The van der Waals surface area contributed by atoms with E-state index in [1.807, 2.05) is 4.90 Å². The van der Waals surface area contributed by atoms with E-state index in [0.717, 1.165) is 17.5 Å². The number of rotatable bonds is 4. The lowest BCUT2D eigenvalue weighted by molar-refractivity contribution is -0.163. The van der Waals surface area contributed by atoms with Gasteiger partial charge in [0.2, 0.25) is 0 Å². The van der Waals surface area contributed by atoms with Gasteiger partial charge in [-0.1, -0.05) is 11.6 Å². The Balaban J connectivity index is 2.02. The monoisotopic (exact) mass is 348 g/mol. The topological polar surface area (TPSA) is 60.2 Å². The maximum atomic E-state index is 12.4. The number of hydrogen-bond acceptors (Lipinski definition) is 5. The predicted octanol–water partition coefficient (Wildman–Crippen LogP) is 2.54. The molecular formula is C15H23F3N4O2. The molecule has 2 rings (SSSR count). The van der Waals surface area contributed by atoms with Gasteiger partial charge in [0.05, 0.1) is 11.9 Å². The Morgan fingerprint density at radius 3 is 2.67 bits per heavy atom. The average Bonchev–Trinajstić information content (AvgIpc) is 2.82. The molecule has 1 aliphatic heterocycles. The summed E-state index contributed by atoms with van der Waals surface area (Å²) >= 11 is 0. The fraction of sp³-hybridized carbons (Fsp3) is 0.800. The van der Waals surface area contributed by atoms with Crippen molar-refractivity contribution in [3.05, 3.63) is 11.9 Å². The smallest absolute Gasteiger partial charge is 0.408 e. The molecule has 1 unspecified atom stereocenters. The van der Waals surface area contributed by atoms with Gasteiger partial charge in [-0.05, 0) is 40.2 Å². The normalized spacial score (nSPS) is 20.2. The summed E-state index contributed by atoms with van der Waals surface area (Å²) < 4.78 is 43.3. The van der Waals surface area contributed by atoms with Gasteiger partial charge in [-0.25, -0.2) is 4.68 Å². The largest absolute Gasteiger partial charge is 0.459 e. The van der Waals surface area contributed by atoms with Crippen molar-refractivity contribution >= 4 is 5.97 Å². The SMILES string of the molecule is CC(C)(C)OC(=O)C1CCCCN1Cc1cn(CC(F)(F)F)nn1. The number of halogens is 3. The van der Waals surface area contributed by atoms with Gasteiger partial charge in [-0.3, -0.25) is 9.69 Å². The molecule has 1 aromatic rings. The highest BCUT2D eigenvalue weighted by molar-refractivity contribution is 5.76. The highest BCUT2D eigenvalue weighted by Gasteiger charge is 2.33. The van der Waals surface area contributed by atoms with Crippen LogP contribution in [0.2, 0.25) is 0 Å². The second-order valence-corrected chi connectivity index (χ2v) is 7.04. The van der Waals surface area contributed by atoms with Gasteiger partial charge in [0.1, 0.15) is 18.2 Å². The van der Waals surface area contributed by atoms with Crippen molar-refractivity contribution in [3.8, 4) is 0 Å². The summed E-state index contributed by atoms with van der Waals surface area (Å²) in [5.74, 6) is -0.301. The van der Waals surface area contributed by atoms with Crippen molar-refractivity contribution in [2.75, 3.05) is 6.54 Å². The van der Waals surface area contributed by atoms with E-state index in [9.17, 15) is 18.0 Å². The van der Waals surface area contributed by atoms with Crippen molar-refractivity contribution in [3.63, 3.8) is 0 Å². The van der Waals surface area contributed by atoms with E-state index < -0.39 is 24.4 Å². The molecule has 1 saturated heterocycles. The van der Waals surface area contributed by atoms with E-state index in [-0.39, 0.29) is 12.5 Å². The summed E-state index contributed by atoms with van der Waals surface area (Å²) in [6.07, 6.45) is -0.549. The maximum absolute atomic E-state index is 12.4. The van der Waals surface area contributed by atoms with Crippen LogP contribution in [0.5, 0.6) is 0 Å². The highest BCUT2D eigenvalue weighted by Crippen LogP contribution is 2.22. The molecule has 0 N–H and O–H groups in total. The van der Waals surface area contributed by atoms with Gasteiger partial charge < -0.3 is 4.74 Å². The molecule has 0 spiro atoms. The number of hydrogen-bond donors (Lipinski definition) is 0. The van der Waals surface area contributed by atoms with Crippen molar-refractivity contribution in [1.82, 2.24) is 19.9 Å². The van der Waals surface area contributed by atoms with Crippen LogP contribution in [-0.4, -0.2) is 50.2 Å². The molecular weight excluding hydrogens is 325 g/mol. The third kappa shape index (κ3) is 5.77. The summed E-state index contributed by atoms with van der Waals surface area (Å²) in [5.41, 5.74) is -0.162. The molecule has 136 valence electrons. The van der Waals surface area contributed by atoms with Crippen molar-refractivity contribution in [1.29, 1.82) is 0 Å². The Morgan fingerprint density at radius 1 is 1.33 bits per heavy atom. The lowest BCUT2D eigenvalue weighted by Gasteiger charge is -2.35. The Kier molecular flexibility index (Phi) is 5.52. The Bertz CT molecular complexity index is 566. The Morgan fingerprint density at radius 2 is 2.04 bits per heavy atom. The number of esters is 1. The molecule has 0 amide bonds. The molecule has 0 radical (unpaired) electrons. The van der Waals surface area contributed by atoms with Crippen LogP contribution in [0.3, 0.4) is 0 Å². The molecule has 2 heterocycles. The van der Waals surface area contributed by atoms with Crippen LogP contribution in [0.25, 0.3) is 0 Å². The van der Waals surface area contributed by atoms with Crippen molar-refractivity contribution in [2.45, 2.75) is 70.9 Å². The third-order valence-corrected chi connectivity index (χ3v) is 3.58. The van der Waals surface area contributed by atoms with E-state index >= 15 is 0 Å². The number of likely N-dealkylation sites (tertiary alicyclic amines) is 1. The number of alkyl halides is 3. The molecule has 0 bridgehead atoms. The van der Waals surface area contributed by atoms with Crippen LogP contribution in [0.15, 0.2) is 6.20 Å². The van der Waals surface area contributed by atoms with Gasteiger partial charge in [-0.2, -0.15) is 13.2 Å². The van der Waals surface area contributed by atoms with E-state index in [1.54, 1.807) is 20.8 Å². The molecule has 1 aromatic heterocycles. The fourth-order valence-corrected chi connectivity index (χ4v) is 2.70. The average molecular weight is 348 g/mol. The molecule has 24 heavy (non-hydrogen) atoms. The van der Waals surface area contributed by atoms with Gasteiger partial charge >= 0.3 is 12.1 Å². The summed E-state index contributed by atoms with van der Waals surface area (Å²) in [7, 11) is 0. The number of nitrogens with zero attached hydrogens (tertiary/aromatic N) is 4. The quantitative estimate of drug-likeness (QED) is 0.783. The maximum Gasteiger partial charge on any atom is 0.408 e. The number of ether oxygens (including phenoxy) is 1. The van der Waals surface area contributed by atoms with E-state index in [0.29, 0.717) is 18.7 Å². The first-order valence-electron chi connectivity index (χ1n) is 7.96. The third-order valence-electron chi connectivity index (χ3n) is 3.58. The number of aromatic nitrogens is 3. The van der Waals surface area contributed by atoms with Crippen LogP contribution in [0.1, 0.15) is 45.7 Å². The van der Waals surface area contributed by atoms with Crippen molar-refractivity contribution in [2.24, 2.45) is 0 Å². The highest BCUT2D eigenvalue weighted by atomic mass is 19.4. The molecule has 1 atom stereocenters. The van der Waals surface area contributed by atoms with Crippen LogP contribution >= 0.6 is 0 Å². The minimum absolute atomic E-state index is 0.280. The fourth-order valence-electron chi connectivity index (χ4n) is 2.70. The molecule has 6 nitrogen and oxygen atoms in total. The van der Waals surface area contributed by atoms with Crippen LogP contribution in [0.4, 0.5) is 13.2 Å². The zero-order valence-corrected chi connectivity index (χ0v) is 14.1. The number of carbonyl (C=O) groups excluding carboxylic acids is 1. The van der Waals surface area contributed by atoms with Gasteiger partial charge in [0, 0.05) is 6.54 Å². The number of piperidine rings is 1. The Labute approximate surface area is 138 Å². The summed E-state index contributed by atoms with van der Waals surface area (Å²) in [6.45, 7) is 5.20. The van der Waals surface area contributed by atoms with Crippen molar-refractivity contribution < 1.29 is 22.7 Å². The molecule has 9 heteroatoms. The van der Waals surface area contributed by atoms with E-state index in [1.165, 1.54) is 6.20 Å². The minimum Gasteiger partial charge on any atom is -0.459 e. The van der Waals surface area contributed by atoms with Crippen LogP contribution in [0, 0.1) is 0 Å². The second kappa shape index (κ2) is 7.08. The van der Waals surface area contributed by atoms with Gasteiger partial charge in [-0.15, -0.1) is 5.10 Å². The van der Waals surface area contributed by atoms with E-state index in [4.69, 9.17) is 4.74 Å². The zero-order chi connectivity index (χ0) is 18.0. The second-order valence-electron chi connectivity index (χ2n) is 7.04. The van der Waals surface area contributed by atoms with Crippen LogP contribution < -0.4 is 0 Å². The van der Waals surface area contributed by atoms with E-state index in [2.05, 4.69) is 10.3 Å². The lowest BCUT2D eigenvalue weighted by Crippen LogP contribution is -2.46. The van der Waals surface area contributed by atoms with Gasteiger partial charge in [0.25, 0.3) is 0 Å². The lowest BCUT2D eigenvalue weighted by atomic mass is 10.0.